The van der Waals surface area contributed by atoms with Crippen molar-refractivity contribution in [2.45, 2.75) is 6.92 Å². The first-order chi connectivity index (χ1) is 9.66. The second-order valence-corrected chi connectivity index (χ2v) is 3.99. The highest BCUT2D eigenvalue weighted by Crippen LogP contribution is 2.12. The van der Waals surface area contributed by atoms with E-state index in [1.807, 2.05) is 18.2 Å². The van der Waals surface area contributed by atoms with Crippen LogP contribution in [0.3, 0.4) is 0 Å². The number of hydrogen-bond acceptors (Lipinski definition) is 5. The molecule has 0 unspecified atom stereocenters. The molecule has 0 spiro atoms. The summed E-state index contributed by atoms with van der Waals surface area (Å²) in [6, 6.07) is 11.7. The molecule has 6 heteroatoms. The van der Waals surface area contributed by atoms with Crippen LogP contribution in [0.15, 0.2) is 58.9 Å². The number of hydrogen-bond donors (Lipinski definition) is 0. The fourth-order valence-electron chi connectivity index (χ4n) is 1.51. The van der Waals surface area contributed by atoms with Gasteiger partial charge in [-0.3, -0.25) is 15.1 Å². The minimum absolute atomic E-state index is 0.0542. The van der Waals surface area contributed by atoms with Crippen LogP contribution in [0.1, 0.15) is 18.2 Å². The second kappa shape index (κ2) is 6.33. The van der Waals surface area contributed by atoms with Crippen LogP contribution in [-0.2, 0) is 0 Å². The van der Waals surface area contributed by atoms with Crippen molar-refractivity contribution in [2.75, 3.05) is 0 Å². The van der Waals surface area contributed by atoms with E-state index >= 15 is 0 Å². The second-order valence-electron chi connectivity index (χ2n) is 3.99. The Morgan fingerprint density at radius 1 is 1.25 bits per heavy atom. The third-order valence-corrected chi connectivity index (χ3v) is 2.58. The quantitative estimate of drug-likeness (QED) is 0.485. The summed E-state index contributed by atoms with van der Waals surface area (Å²) in [6.45, 7) is 1.79. The Balaban J connectivity index is 2.10. The Morgan fingerprint density at radius 3 is 2.60 bits per heavy atom. The number of nitro benzene ring substituents is 1. The molecule has 6 nitrogen and oxygen atoms in total. The topological polar surface area (TPSA) is 80.8 Å². The number of aromatic nitrogens is 1. The number of rotatable bonds is 4. The molecular weight excluding hydrogens is 256 g/mol. The van der Waals surface area contributed by atoms with Crippen LogP contribution in [0, 0.1) is 10.1 Å². The SMILES string of the molecule is C/C(=N\N=C\c1ccccn1)c1ccc([N+](=O)[O-])cc1. The van der Waals surface area contributed by atoms with Crippen LogP contribution in [0.25, 0.3) is 0 Å². The predicted molar refractivity (Wildman–Crippen MR) is 77.1 cm³/mol. The number of nitro groups is 1. The number of nitrogens with zero attached hydrogens (tertiary/aromatic N) is 4. The number of pyridine rings is 1. The number of benzene rings is 1. The molecule has 20 heavy (non-hydrogen) atoms. The molecule has 100 valence electrons. The van der Waals surface area contributed by atoms with Crippen molar-refractivity contribution in [1.82, 2.24) is 4.98 Å². The Bertz CT molecular complexity index is 649. The Morgan fingerprint density at radius 2 is 2.00 bits per heavy atom. The van der Waals surface area contributed by atoms with Crippen LogP contribution < -0.4 is 0 Å². The van der Waals surface area contributed by atoms with Gasteiger partial charge >= 0.3 is 0 Å². The van der Waals surface area contributed by atoms with Gasteiger partial charge in [-0.25, -0.2) is 0 Å². The molecule has 1 aromatic carbocycles. The summed E-state index contributed by atoms with van der Waals surface area (Å²) in [5, 5.41) is 18.5. The van der Waals surface area contributed by atoms with Crippen molar-refractivity contribution >= 4 is 17.6 Å². The number of non-ortho nitro benzene ring substituents is 1. The van der Waals surface area contributed by atoms with Gasteiger partial charge in [0.15, 0.2) is 0 Å². The van der Waals surface area contributed by atoms with Crippen LogP contribution in [0.4, 0.5) is 5.69 Å². The van der Waals surface area contributed by atoms with Crippen molar-refractivity contribution in [1.29, 1.82) is 0 Å². The van der Waals surface area contributed by atoms with E-state index in [1.54, 1.807) is 31.5 Å². The molecule has 0 aliphatic rings. The van der Waals surface area contributed by atoms with Crippen molar-refractivity contribution < 1.29 is 4.92 Å². The van der Waals surface area contributed by atoms with Crippen molar-refractivity contribution in [3.63, 3.8) is 0 Å². The lowest BCUT2D eigenvalue weighted by atomic mass is 10.1. The maximum atomic E-state index is 10.6. The third-order valence-electron chi connectivity index (χ3n) is 2.58. The van der Waals surface area contributed by atoms with Gasteiger partial charge in [-0.2, -0.15) is 10.2 Å². The van der Waals surface area contributed by atoms with E-state index in [4.69, 9.17) is 0 Å². The molecule has 0 aliphatic carbocycles. The van der Waals surface area contributed by atoms with Gasteiger partial charge in [0.2, 0.25) is 0 Å². The molecule has 2 aromatic rings. The summed E-state index contributed by atoms with van der Waals surface area (Å²) in [6.07, 6.45) is 3.23. The minimum Gasteiger partial charge on any atom is -0.258 e. The summed E-state index contributed by atoms with van der Waals surface area (Å²) in [5.74, 6) is 0. The Labute approximate surface area is 115 Å². The average molecular weight is 268 g/mol. The Hall–Kier alpha value is -2.89. The highest BCUT2D eigenvalue weighted by molar-refractivity contribution is 5.99. The van der Waals surface area contributed by atoms with Crippen molar-refractivity contribution in [2.24, 2.45) is 10.2 Å². The van der Waals surface area contributed by atoms with Gasteiger partial charge in [-0.1, -0.05) is 6.07 Å². The fraction of sp³-hybridized carbons (Fsp3) is 0.0714. The first-order valence-electron chi connectivity index (χ1n) is 5.90. The van der Waals surface area contributed by atoms with Crippen molar-refractivity contribution in [3.05, 3.63) is 70.0 Å². The highest BCUT2D eigenvalue weighted by atomic mass is 16.6. The van der Waals surface area contributed by atoms with E-state index in [0.29, 0.717) is 11.4 Å². The minimum atomic E-state index is -0.435. The van der Waals surface area contributed by atoms with E-state index in [0.717, 1.165) is 5.56 Å². The van der Waals surface area contributed by atoms with Gasteiger partial charge in [-0.15, -0.1) is 0 Å². The van der Waals surface area contributed by atoms with Gasteiger partial charge in [0.05, 0.1) is 22.5 Å². The molecule has 0 radical (unpaired) electrons. The van der Waals surface area contributed by atoms with Crippen LogP contribution in [-0.4, -0.2) is 21.8 Å². The van der Waals surface area contributed by atoms with E-state index in [1.165, 1.54) is 12.1 Å². The zero-order valence-corrected chi connectivity index (χ0v) is 10.8. The lowest BCUT2D eigenvalue weighted by Gasteiger charge is -1.97. The molecular formula is C14H12N4O2. The zero-order chi connectivity index (χ0) is 14.4. The lowest BCUT2D eigenvalue weighted by molar-refractivity contribution is -0.384. The summed E-state index contributed by atoms with van der Waals surface area (Å²) < 4.78 is 0. The molecule has 0 saturated heterocycles. The van der Waals surface area contributed by atoms with Gasteiger partial charge in [0.1, 0.15) is 0 Å². The fourth-order valence-corrected chi connectivity index (χ4v) is 1.51. The van der Waals surface area contributed by atoms with E-state index < -0.39 is 4.92 Å². The Kier molecular flexibility index (Phi) is 4.28. The molecule has 0 saturated carbocycles. The smallest absolute Gasteiger partial charge is 0.258 e. The van der Waals surface area contributed by atoms with Gasteiger partial charge in [0, 0.05) is 18.3 Å². The van der Waals surface area contributed by atoms with Crippen LogP contribution in [0.5, 0.6) is 0 Å². The monoisotopic (exact) mass is 268 g/mol. The third kappa shape index (κ3) is 3.55. The van der Waals surface area contributed by atoms with Gasteiger partial charge in [0.25, 0.3) is 5.69 Å². The van der Waals surface area contributed by atoms with E-state index in [2.05, 4.69) is 15.2 Å². The van der Waals surface area contributed by atoms with Crippen molar-refractivity contribution in [3.8, 4) is 0 Å². The average Bonchev–Trinajstić information content (AvgIpc) is 2.48. The lowest BCUT2D eigenvalue weighted by Crippen LogP contribution is -1.95. The van der Waals surface area contributed by atoms with E-state index in [-0.39, 0.29) is 5.69 Å². The first-order valence-corrected chi connectivity index (χ1v) is 5.90. The maximum absolute atomic E-state index is 10.6. The molecule has 0 fully saturated rings. The largest absolute Gasteiger partial charge is 0.269 e. The maximum Gasteiger partial charge on any atom is 0.269 e. The molecule has 0 amide bonds. The predicted octanol–water partition coefficient (Wildman–Crippen LogP) is 2.83. The summed E-state index contributed by atoms with van der Waals surface area (Å²) in [4.78, 5) is 14.2. The summed E-state index contributed by atoms with van der Waals surface area (Å²) in [7, 11) is 0. The zero-order valence-electron chi connectivity index (χ0n) is 10.8. The van der Waals surface area contributed by atoms with Gasteiger partial charge in [-0.05, 0) is 36.8 Å². The molecule has 2 rings (SSSR count). The van der Waals surface area contributed by atoms with Gasteiger partial charge < -0.3 is 0 Å². The molecule has 0 bridgehead atoms. The highest BCUT2D eigenvalue weighted by Gasteiger charge is 2.04. The summed E-state index contributed by atoms with van der Waals surface area (Å²) >= 11 is 0. The van der Waals surface area contributed by atoms with Crippen LogP contribution >= 0.6 is 0 Å². The summed E-state index contributed by atoms with van der Waals surface area (Å²) in [5.41, 5.74) is 2.23. The molecule has 0 N–H and O–H groups in total. The van der Waals surface area contributed by atoms with E-state index in [9.17, 15) is 10.1 Å². The first kappa shape index (κ1) is 13.5. The molecule has 0 atom stereocenters. The van der Waals surface area contributed by atoms with Crippen LogP contribution in [0.2, 0.25) is 0 Å². The molecule has 1 aromatic heterocycles. The molecule has 0 aliphatic heterocycles. The standard InChI is InChI=1S/C14H12N4O2/c1-11(12-5-7-14(8-6-12)18(19)20)17-16-10-13-4-2-3-9-15-13/h2-10H,1H3/b16-10+,17-11+. The molecule has 1 heterocycles. The normalized spacial score (nSPS) is 11.8.